The topological polar surface area (TPSA) is 29.5 Å². The first-order valence-electron chi connectivity index (χ1n) is 7.87. The maximum Gasteiger partial charge on any atom is 0.338 e. The van der Waals surface area contributed by atoms with Crippen molar-refractivity contribution in [1.82, 2.24) is 0 Å². The predicted molar refractivity (Wildman–Crippen MR) is 106 cm³/mol. The van der Waals surface area contributed by atoms with Crippen LogP contribution in [0.1, 0.15) is 20.8 Å². The van der Waals surface area contributed by atoms with Gasteiger partial charge in [0.15, 0.2) is 0 Å². The van der Waals surface area contributed by atoms with E-state index in [9.17, 15) is 4.79 Å². The number of hydrogen-bond acceptors (Lipinski definition) is 4. The Hall–Kier alpha value is -2.11. The van der Waals surface area contributed by atoms with Gasteiger partial charge in [-0.3, -0.25) is 0 Å². The lowest BCUT2D eigenvalue weighted by atomic mass is 10.1. The number of rotatable bonds is 6. The number of nitrogens with zero attached hydrogens (tertiary/aromatic N) is 1. The fraction of sp³-hybridized carbons (Fsp3) is 0.150. The van der Waals surface area contributed by atoms with E-state index >= 15 is 0 Å². The third-order valence-electron chi connectivity index (χ3n) is 3.83. The van der Waals surface area contributed by atoms with Gasteiger partial charge >= 0.3 is 5.97 Å². The first kappa shape index (κ1) is 17.7. The largest absolute Gasteiger partial charge is 0.456 e. The molecule has 1 aromatic heterocycles. The van der Waals surface area contributed by atoms with Crippen molar-refractivity contribution in [3.63, 3.8) is 0 Å². The summed E-state index contributed by atoms with van der Waals surface area (Å²) in [6.07, 6.45) is 0. The fourth-order valence-electron chi connectivity index (χ4n) is 2.44. The van der Waals surface area contributed by atoms with Crippen molar-refractivity contribution in [3.05, 3.63) is 86.5 Å². The normalized spacial score (nSPS) is 10.5. The Balaban J connectivity index is 1.58. The van der Waals surface area contributed by atoms with Gasteiger partial charge in [-0.1, -0.05) is 30.3 Å². The molecule has 0 bridgehead atoms. The minimum atomic E-state index is -0.303. The highest BCUT2D eigenvalue weighted by atomic mass is 79.9. The number of halogens is 1. The summed E-state index contributed by atoms with van der Waals surface area (Å²) in [5.74, 6) is -0.303. The summed E-state index contributed by atoms with van der Waals surface area (Å²) in [4.78, 5) is 15.3. The lowest BCUT2D eigenvalue weighted by molar-refractivity contribution is 0.0476. The van der Waals surface area contributed by atoms with Gasteiger partial charge in [0.05, 0.1) is 10.4 Å². The van der Waals surface area contributed by atoms with E-state index in [1.54, 1.807) is 11.3 Å². The molecular formula is C20H18BrNO2S. The Bertz CT molecular complexity index is 830. The number of anilines is 1. The summed E-state index contributed by atoms with van der Waals surface area (Å²) in [6, 6.07) is 19.7. The Labute approximate surface area is 160 Å². The standard InChI is InChI=1S/C20H18BrNO2S/c1-22(17-5-3-2-4-6-17)13-15-7-9-16(10-8-15)20(23)24-14-19-18(21)11-12-25-19/h2-12H,13-14H2,1H3. The van der Waals surface area contributed by atoms with Gasteiger partial charge in [0.2, 0.25) is 0 Å². The van der Waals surface area contributed by atoms with Crippen LogP contribution < -0.4 is 4.90 Å². The van der Waals surface area contributed by atoms with E-state index in [2.05, 4.69) is 40.0 Å². The molecule has 3 rings (SSSR count). The fourth-order valence-corrected chi connectivity index (χ4v) is 3.81. The molecule has 25 heavy (non-hydrogen) atoms. The van der Waals surface area contributed by atoms with Crippen LogP contribution >= 0.6 is 27.3 Å². The maximum absolute atomic E-state index is 12.2. The molecule has 0 aliphatic carbocycles. The quantitative estimate of drug-likeness (QED) is 0.497. The Kier molecular flexibility index (Phi) is 5.89. The molecule has 0 unspecified atom stereocenters. The number of para-hydroxylation sites is 1. The van der Waals surface area contributed by atoms with Crippen LogP contribution in [0.3, 0.4) is 0 Å². The second-order valence-electron chi connectivity index (χ2n) is 5.66. The maximum atomic E-state index is 12.2. The molecule has 3 nitrogen and oxygen atoms in total. The summed E-state index contributed by atoms with van der Waals surface area (Å²) in [6.45, 7) is 1.07. The molecule has 0 spiro atoms. The van der Waals surface area contributed by atoms with Crippen LogP contribution in [-0.4, -0.2) is 13.0 Å². The Morgan fingerprint density at radius 1 is 1.08 bits per heavy atom. The molecule has 0 saturated heterocycles. The first-order chi connectivity index (χ1) is 12.1. The zero-order valence-corrected chi connectivity index (χ0v) is 16.2. The lowest BCUT2D eigenvalue weighted by Gasteiger charge is -2.19. The number of benzene rings is 2. The van der Waals surface area contributed by atoms with Crippen LogP contribution in [0.25, 0.3) is 0 Å². The molecule has 2 aromatic carbocycles. The summed E-state index contributed by atoms with van der Waals surface area (Å²) in [5.41, 5.74) is 2.87. The van der Waals surface area contributed by atoms with Crippen molar-refractivity contribution < 1.29 is 9.53 Å². The molecular weight excluding hydrogens is 398 g/mol. The van der Waals surface area contributed by atoms with Crippen molar-refractivity contribution in [3.8, 4) is 0 Å². The number of carbonyl (C=O) groups is 1. The van der Waals surface area contributed by atoms with Crippen molar-refractivity contribution >= 4 is 38.9 Å². The van der Waals surface area contributed by atoms with Crippen molar-refractivity contribution in [2.45, 2.75) is 13.2 Å². The van der Waals surface area contributed by atoms with Gasteiger partial charge in [0, 0.05) is 23.8 Å². The Morgan fingerprint density at radius 2 is 1.80 bits per heavy atom. The molecule has 0 aliphatic heterocycles. The highest BCUT2D eigenvalue weighted by molar-refractivity contribution is 9.10. The van der Waals surface area contributed by atoms with E-state index in [1.165, 1.54) is 0 Å². The van der Waals surface area contributed by atoms with E-state index in [-0.39, 0.29) is 12.6 Å². The zero-order chi connectivity index (χ0) is 17.6. The second kappa shape index (κ2) is 8.32. The third kappa shape index (κ3) is 4.71. The molecule has 0 amide bonds. The van der Waals surface area contributed by atoms with Gasteiger partial charge in [-0.05, 0) is 57.2 Å². The van der Waals surface area contributed by atoms with Gasteiger partial charge in [0.25, 0.3) is 0 Å². The summed E-state index contributed by atoms with van der Waals surface area (Å²) >= 11 is 5.00. The van der Waals surface area contributed by atoms with Crippen LogP contribution in [0.15, 0.2) is 70.5 Å². The molecule has 3 aromatic rings. The average molecular weight is 416 g/mol. The molecule has 1 heterocycles. The zero-order valence-electron chi connectivity index (χ0n) is 13.8. The van der Waals surface area contributed by atoms with Crippen LogP contribution in [0.4, 0.5) is 5.69 Å². The van der Waals surface area contributed by atoms with Crippen molar-refractivity contribution in [2.75, 3.05) is 11.9 Å². The monoisotopic (exact) mass is 415 g/mol. The average Bonchev–Trinajstić information content (AvgIpc) is 3.06. The number of esters is 1. The van der Waals surface area contributed by atoms with Crippen LogP contribution in [0.2, 0.25) is 0 Å². The first-order valence-corrected chi connectivity index (χ1v) is 9.55. The van der Waals surface area contributed by atoms with E-state index < -0.39 is 0 Å². The summed E-state index contributed by atoms with van der Waals surface area (Å²) in [5, 5.41) is 1.96. The molecule has 0 fully saturated rings. The smallest absolute Gasteiger partial charge is 0.338 e. The minimum absolute atomic E-state index is 0.287. The Morgan fingerprint density at radius 3 is 2.44 bits per heavy atom. The highest BCUT2D eigenvalue weighted by Crippen LogP contribution is 2.23. The molecule has 0 N–H and O–H groups in total. The summed E-state index contributed by atoms with van der Waals surface area (Å²) < 4.78 is 6.35. The molecule has 128 valence electrons. The van der Waals surface area contributed by atoms with Gasteiger partial charge in [-0.2, -0.15) is 0 Å². The van der Waals surface area contributed by atoms with Crippen molar-refractivity contribution in [2.24, 2.45) is 0 Å². The highest BCUT2D eigenvalue weighted by Gasteiger charge is 2.10. The second-order valence-corrected chi connectivity index (χ2v) is 7.51. The van der Waals surface area contributed by atoms with Crippen molar-refractivity contribution in [1.29, 1.82) is 0 Å². The van der Waals surface area contributed by atoms with E-state index in [1.807, 2.05) is 53.9 Å². The predicted octanol–water partition coefficient (Wildman–Crippen LogP) is 5.50. The minimum Gasteiger partial charge on any atom is -0.456 e. The van der Waals surface area contributed by atoms with Gasteiger partial charge in [-0.25, -0.2) is 4.79 Å². The van der Waals surface area contributed by atoms with E-state index in [0.29, 0.717) is 5.56 Å². The SMILES string of the molecule is CN(Cc1ccc(C(=O)OCc2sccc2Br)cc1)c1ccccc1. The van der Waals surface area contributed by atoms with E-state index in [4.69, 9.17) is 4.74 Å². The van der Waals surface area contributed by atoms with Crippen LogP contribution in [-0.2, 0) is 17.9 Å². The molecule has 0 radical (unpaired) electrons. The van der Waals surface area contributed by atoms with Gasteiger partial charge in [0.1, 0.15) is 6.61 Å². The van der Waals surface area contributed by atoms with Gasteiger partial charge < -0.3 is 9.64 Å². The van der Waals surface area contributed by atoms with Crippen LogP contribution in [0.5, 0.6) is 0 Å². The number of hydrogen-bond donors (Lipinski definition) is 0. The lowest BCUT2D eigenvalue weighted by Crippen LogP contribution is -2.16. The van der Waals surface area contributed by atoms with Gasteiger partial charge in [-0.15, -0.1) is 11.3 Å². The number of ether oxygens (including phenoxy) is 1. The summed E-state index contributed by atoms with van der Waals surface area (Å²) in [7, 11) is 2.05. The molecule has 0 saturated carbocycles. The number of carbonyl (C=O) groups excluding carboxylic acids is 1. The third-order valence-corrected chi connectivity index (χ3v) is 5.73. The molecule has 0 aliphatic rings. The molecule has 5 heteroatoms. The number of thiophene rings is 1. The molecule has 0 atom stereocenters. The van der Waals surface area contributed by atoms with Crippen LogP contribution in [0, 0.1) is 0 Å². The van der Waals surface area contributed by atoms with E-state index in [0.717, 1.165) is 27.1 Å².